The van der Waals surface area contributed by atoms with Crippen molar-refractivity contribution in [2.45, 2.75) is 26.0 Å². The third kappa shape index (κ3) is 5.87. The lowest BCUT2D eigenvalue weighted by Gasteiger charge is -2.31. The Labute approximate surface area is 204 Å². The molecule has 2 aromatic heterocycles. The Kier molecular flexibility index (Phi) is 7.03. The van der Waals surface area contributed by atoms with E-state index in [1.807, 2.05) is 78.9 Å². The van der Waals surface area contributed by atoms with Crippen LogP contribution in [0.15, 0.2) is 89.5 Å². The largest absolute Gasteiger partial charge is 0.489 e. The summed E-state index contributed by atoms with van der Waals surface area (Å²) in [5, 5.41) is 11.7. The molecule has 1 fully saturated rings. The fraction of sp³-hybridized carbons (Fsp3) is 0.250. The number of nitrogens with one attached hydrogen (secondary N) is 1. The summed E-state index contributed by atoms with van der Waals surface area (Å²) in [7, 11) is 0. The molecule has 4 aromatic rings. The lowest BCUT2D eigenvalue weighted by molar-refractivity contribution is -0.125. The second-order valence-corrected chi connectivity index (χ2v) is 8.65. The summed E-state index contributed by atoms with van der Waals surface area (Å²) in [6.07, 6.45) is 3.21. The number of anilines is 1. The quantitative estimate of drug-likeness (QED) is 0.398. The van der Waals surface area contributed by atoms with Crippen molar-refractivity contribution in [3.8, 4) is 17.2 Å². The van der Waals surface area contributed by atoms with E-state index in [2.05, 4.69) is 20.4 Å². The molecule has 3 heterocycles. The van der Waals surface area contributed by atoms with Gasteiger partial charge in [0.1, 0.15) is 18.1 Å². The van der Waals surface area contributed by atoms with E-state index in [9.17, 15) is 4.79 Å². The van der Waals surface area contributed by atoms with Gasteiger partial charge in [-0.3, -0.25) is 4.79 Å². The summed E-state index contributed by atoms with van der Waals surface area (Å²) in [6.45, 7) is 2.60. The molecule has 1 aliphatic rings. The standard InChI is InChI=1S/C28H28N4O3/c33-28(29-19-21-8-10-24(11-9-21)35-20-22-5-2-1-3-6-22)23-14-16-32(17-15-23)27-13-12-25(30-31-27)26-7-4-18-34-26/h1-13,18,23H,14-17,19-20H2,(H,29,33). The lowest BCUT2D eigenvalue weighted by Crippen LogP contribution is -2.40. The predicted molar refractivity (Wildman–Crippen MR) is 134 cm³/mol. The van der Waals surface area contributed by atoms with Crippen LogP contribution in [-0.4, -0.2) is 29.2 Å². The van der Waals surface area contributed by atoms with Crippen LogP contribution in [0.3, 0.4) is 0 Å². The van der Waals surface area contributed by atoms with Crippen molar-refractivity contribution in [2.24, 2.45) is 5.92 Å². The van der Waals surface area contributed by atoms with Crippen molar-refractivity contribution in [1.82, 2.24) is 15.5 Å². The Morgan fingerprint density at radius 3 is 2.40 bits per heavy atom. The van der Waals surface area contributed by atoms with E-state index in [0.29, 0.717) is 24.6 Å². The van der Waals surface area contributed by atoms with Gasteiger partial charge in [0.25, 0.3) is 0 Å². The van der Waals surface area contributed by atoms with E-state index in [0.717, 1.165) is 48.6 Å². The highest BCUT2D eigenvalue weighted by Crippen LogP contribution is 2.24. The topological polar surface area (TPSA) is 80.5 Å². The SMILES string of the molecule is O=C(NCc1ccc(OCc2ccccc2)cc1)C1CCN(c2ccc(-c3ccco3)nn2)CC1. The first kappa shape index (κ1) is 22.7. The fourth-order valence-electron chi connectivity index (χ4n) is 4.20. The van der Waals surface area contributed by atoms with Crippen LogP contribution in [0.25, 0.3) is 11.5 Å². The second-order valence-electron chi connectivity index (χ2n) is 8.65. The first-order chi connectivity index (χ1) is 17.2. The number of aromatic nitrogens is 2. The molecule has 0 atom stereocenters. The van der Waals surface area contributed by atoms with E-state index in [-0.39, 0.29) is 11.8 Å². The number of ether oxygens (including phenoxy) is 1. The van der Waals surface area contributed by atoms with E-state index >= 15 is 0 Å². The van der Waals surface area contributed by atoms with Crippen molar-refractivity contribution in [3.05, 3.63) is 96.3 Å². The molecule has 1 aliphatic heterocycles. The average molecular weight is 469 g/mol. The van der Waals surface area contributed by atoms with Crippen LogP contribution in [0, 0.1) is 5.92 Å². The summed E-state index contributed by atoms with van der Waals surface area (Å²) in [4.78, 5) is 14.9. The molecular formula is C28H28N4O3. The van der Waals surface area contributed by atoms with Crippen molar-refractivity contribution < 1.29 is 13.9 Å². The third-order valence-electron chi connectivity index (χ3n) is 6.25. The monoisotopic (exact) mass is 468 g/mol. The van der Waals surface area contributed by atoms with Gasteiger partial charge in [-0.1, -0.05) is 42.5 Å². The molecule has 0 bridgehead atoms. The molecule has 0 spiro atoms. The lowest BCUT2D eigenvalue weighted by atomic mass is 9.96. The van der Waals surface area contributed by atoms with Gasteiger partial charge in [-0.2, -0.15) is 0 Å². The highest BCUT2D eigenvalue weighted by molar-refractivity contribution is 5.79. The minimum absolute atomic E-state index is 0.00933. The minimum atomic E-state index is 0.00933. The van der Waals surface area contributed by atoms with Crippen molar-refractivity contribution in [1.29, 1.82) is 0 Å². The number of hydrogen-bond donors (Lipinski definition) is 1. The predicted octanol–water partition coefficient (Wildman–Crippen LogP) is 4.85. The zero-order chi connectivity index (χ0) is 23.9. The Morgan fingerprint density at radius 2 is 1.71 bits per heavy atom. The van der Waals surface area contributed by atoms with Crippen molar-refractivity contribution in [2.75, 3.05) is 18.0 Å². The Morgan fingerprint density at radius 1 is 0.914 bits per heavy atom. The molecule has 0 unspecified atom stereocenters. The molecule has 1 N–H and O–H groups in total. The van der Waals surface area contributed by atoms with Gasteiger partial charge in [-0.15, -0.1) is 10.2 Å². The number of amides is 1. The van der Waals surface area contributed by atoms with Crippen LogP contribution >= 0.6 is 0 Å². The van der Waals surface area contributed by atoms with Gasteiger partial charge in [-0.25, -0.2) is 0 Å². The summed E-state index contributed by atoms with van der Waals surface area (Å²) >= 11 is 0. The van der Waals surface area contributed by atoms with Crippen LogP contribution < -0.4 is 15.0 Å². The number of hydrogen-bond acceptors (Lipinski definition) is 6. The molecule has 35 heavy (non-hydrogen) atoms. The minimum Gasteiger partial charge on any atom is -0.489 e. The number of carbonyl (C=O) groups excluding carboxylic acids is 1. The normalized spacial score (nSPS) is 14.0. The van der Waals surface area contributed by atoms with Gasteiger partial charge in [-0.05, 0) is 60.4 Å². The maximum Gasteiger partial charge on any atom is 0.223 e. The Hall–Kier alpha value is -4.13. The highest BCUT2D eigenvalue weighted by atomic mass is 16.5. The summed E-state index contributed by atoms with van der Waals surface area (Å²) in [6, 6.07) is 25.5. The van der Waals surface area contributed by atoms with Gasteiger partial charge in [0.05, 0.1) is 6.26 Å². The summed E-state index contributed by atoms with van der Waals surface area (Å²) in [5.41, 5.74) is 2.89. The van der Waals surface area contributed by atoms with Gasteiger partial charge in [0.2, 0.25) is 5.91 Å². The van der Waals surface area contributed by atoms with Gasteiger partial charge in [0, 0.05) is 25.6 Å². The van der Waals surface area contributed by atoms with E-state index in [4.69, 9.17) is 9.15 Å². The number of furan rings is 1. The Balaban J connectivity index is 1.06. The number of benzene rings is 2. The molecule has 178 valence electrons. The first-order valence-electron chi connectivity index (χ1n) is 11.9. The molecule has 2 aromatic carbocycles. The summed E-state index contributed by atoms with van der Waals surface area (Å²) in [5.74, 6) is 2.46. The molecule has 0 saturated carbocycles. The second kappa shape index (κ2) is 10.9. The highest BCUT2D eigenvalue weighted by Gasteiger charge is 2.25. The molecule has 7 nitrogen and oxygen atoms in total. The molecule has 7 heteroatoms. The zero-order valence-electron chi connectivity index (χ0n) is 19.5. The molecule has 0 radical (unpaired) electrons. The molecular weight excluding hydrogens is 440 g/mol. The smallest absolute Gasteiger partial charge is 0.223 e. The maximum atomic E-state index is 12.7. The number of piperidine rings is 1. The number of rotatable bonds is 8. The van der Waals surface area contributed by atoms with E-state index in [1.165, 1.54) is 0 Å². The van der Waals surface area contributed by atoms with Crippen LogP contribution in [-0.2, 0) is 17.9 Å². The maximum absolute atomic E-state index is 12.7. The van der Waals surface area contributed by atoms with Crippen LogP contribution in [0.2, 0.25) is 0 Å². The van der Waals surface area contributed by atoms with Crippen LogP contribution in [0.1, 0.15) is 24.0 Å². The molecule has 1 saturated heterocycles. The van der Waals surface area contributed by atoms with Gasteiger partial charge in [0.15, 0.2) is 11.6 Å². The molecule has 1 amide bonds. The number of carbonyl (C=O) groups is 1. The Bertz CT molecular complexity index is 1200. The van der Waals surface area contributed by atoms with Gasteiger partial charge >= 0.3 is 0 Å². The molecule has 0 aliphatic carbocycles. The zero-order valence-corrected chi connectivity index (χ0v) is 19.5. The van der Waals surface area contributed by atoms with Crippen molar-refractivity contribution >= 4 is 11.7 Å². The van der Waals surface area contributed by atoms with E-state index in [1.54, 1.807) is 6.26 Å². The first-order valence-corrected chi connectivity index (χ1v) is 11.9. The van der Waals surface area contributed by atoms with Crippen LogP contribution in [0.4, 0.5) is 5.82 Å². The summed E-state index contributed by atoms with van der Waals surface area (Å²) < 4.78 is 11.2. The molecule has 5 rings (SSSR count). The van der Waals surface area contributed by atoms with Crippen molar-refractivity contribution in [3.63, 3.8) is 0 Å². The van der Waals surface area contributed by atoms with Crippen LogP contribution in [0.5, 0.6) is 5.75 Å². The third-order valence-corrected chi connectivity index (χ3v) is 6.25. The fourth-order valence-corrected chi connectivity index (χ4v) is 4.20. The number of nitrogens with zero attached hydrogens (tertiary/aromatic N) is 3. The van der Waals surface area contributed by atoms with Gasteiger partial charge < -0.3 is 19.4 Å². The average Bonchev–Trinajstić information content (AvgIpc) is 3.47. The van der Waals surface area contributed by atoms with E-state index < -0.39 is 0 Å².